The number of carbonyl (C=O) groups is 3. The van der Waals surface area contributed by atoms with Gasteiger partial charge in [0.2, 0.25) is 11.8 Å². The van der Waals surface area contributed by atoms with Crippen molar-refractivity contribution in [3.63, 3.8) is 0 Å². The smallest absolute Gasteiger partial charge is 0.340 e. The van der Waals surface area contributed by atoms with E-state index in [9.17, 15) is 24.3 Å². The number of nitrogens with one attached hydrogen (secondary N) is 2. The van der Waals surface area contributed by atoms with Gasteiger partial charge in [-0.1, -0.05) is 13.8 Å². The van der Waals surface area contributed by atoms with E-state index in [1.165, 1.54) is 0 Å². The monoisotopic (exact) mass is 455 g/mol. The van der Waals surface area contributed by atoms with Crippen LogP contribution in [0.1, 0.15) is 41.9 Å². The molecule has 9 heteroatoms. The van der Waals surface area contributed by atoms with Gasteiger partial charge in [0.1, 0.15) is 16.9 Å². The van der Waals surface area contributed by atoms with Crippen LogP contribution < -0.4 is 21.4 Å². The number of rotatable bonds is 7. The van der Waals surface area contributed by atoms with E-state index in [0.717, 1.165) is 16.7 Å². The summed E-state index contributed by atoms with van der Waals surface area (Å²) in [6.07, 6.45) is -0.286. The van der Waals surface area contributed by atoms with Gasteiger partial charge in [-0.2, -0.15) is 0 Å². The van der Waals surface area contributed by atoms with E-state index in [0.29, 0.717) is 27.7 Å². The predicted molar refractivity (Wildman–Crippen MR) is 120 cm³/mol. The Morgan fingerprint density at radius 2 is 1.55 bits per heavy atom. The normalized spacial score (nSPS) is 12.3. The van der Waals surface area contributed by atoms with Gasteiger partial charge in [-0.25, -0.2) is 4.79 Å². The van der Waals surface area contributed by atoms with Crippen molar-refractivity contribution in [3.8, 4) is 0 Å². The van der Waals surface area contributed by atoms with E-state index in [1.807, 2.05) is 26.8 Å². The lowest BCUT2D eigenvalue weighted by atomic mass is 9.99. The molecule has 0 bridgehead atoms. The van der Waals surface area contributed by atoms with Crippen LogP contribution >= 0.6 is 0 Å². The van der Waals surface area contributed by atoms with Gasteiger partial charge in [-0.15, -0.1) is 0 Å². The number of carboxylic acids is 1. The Morgan fingerprint density at radius 1 is 0.939 bits per heavy atom. The maximum atomic E-state index is 12.7. The van der Waals surface area contributed by atoms with Gasteiger partial charge in [-0.3, -0.25) is 9.59 Å². The zero-order valence-corrected chi connectivity index (χ0v) is 19.5. The van der Waals surface area contributed by atoms with E-state index in [4.69, 9.17) is 8.83 Å². The van der Waals surface area contributed by atoms with Gasteiger partial charge in [0.05, 0.1) is 30.5 Å². The van der Waals surface area contributed by atoms with Crippen LogP contribution in [0.5, 0.6) is 0 Å². The molecule has 0 unspecified atom stereocenters. The second-order valence-corrected chi connectivity index (χ2v) is 8.59. The van der Waals surface area contributed by atoms with E-state index in [1.54, 1.807) is 20.8 Å². The first kappa shape index (κ1) is 24.0. The third-order valence-electron chi connectivity index (χ3n) is 5.96. The quantitative estimate of drug-likeness (QED) is 0.512. The summed E-state index contributed by atoms with van der Waals surface area (Å²) >= 11 is 0. The molecule has 33 heavy (non-hydrogen) atoms. The van der Waals surface area contributed by atoms with E-state index in [2.05, 4.69) is 10.6 Å². The molecule has 2 heterocycles. The molecule has 0 spiro atoms. The van der Waals surface area contributed by atoms with Gasteiger partial charge >= 0.3 is 5.63 Å². The average molecular weight is 455 g/mol. The molecule has 2 N–H and O–H groups in total. The zero-order chi connectivity index (χ0) is 24.6. The zero-order valence-electron chi connectivity index (χ0n) is 19.5. The molecule has 3 rings (SSSR count). The Morgan fingerprint density at radius 3 is 2.15 bits per heavy atom. The van der Waals surface area contributed by atoms with Crippen molar-refractivity contribution in [3.05, 3.63) is 44.5 Å². The van der Waals surface area contributed by atoms with Crippen molar-refractivity contribution in [2.45, 2.75) is 54.0 Å². The highest BCUT2D eigenvalue weighted by atomic mass is 16.4. The van der Waals surface area contributed by atoms with Crippen LogP contribution in [0.2, 0.25) is 0 Å². The average Bonchev–Trinajstić information content (AvgIpc) is 3.02. The van der Waals surface area contributed by atoms with E-state index >= 15 is 0 Å². The number of hydrogen-bond donors (Lipinski definition) is 2. The molecule has 176 valence electrons. The number of benzene rings is 1. The minimum atomic E-state index is -1.40. The second kappa shape index (κ2) is 9.09. The molecule has 2 aromatic heterocycles. The van der Waals surface area contributed by atoms with Crippen LogP contribution in [0.4, 0.5) is 0 Å². The molecule has 0 aliphatic rings. The molecule has 0 fully saturated rings. The standard InChI is InChI=1S/C24H28N2O7/c1-10(2)20(23(29)30)26-19(28)9-25-18(27)8-17-12(4)16-7-15-11(3)14(6)32-21(15)13(5)22(16)33-24(17)31/h7,10,20H,8-9H2,1-6H3,(H,25,27)(H,26,28)(H,29,30)/p-1/t20-/m0/s1. The summed E-state index contributed by atoms with van der Waals surface area (Å²) in [6, 6.07) is 0.724. The summed E-state index contributed by atoms with van der Waals surface area (Å²) in [4.78, 5) is 48.2. The van der Waals surface area contributed by atoms with Crippen LogP contribution in [0.25, 0.3) is 21.9 Å². The molecule has 0 saturated heterocycles. The molecule has 0 saturated carbocycles. The van der Waals surface area contributed by atoms with Crippen LogP contribution in [0.15, 0.2) is 19.7 Å². The maximum absolute atomic E-state index is 12.7. The molecule has 9 nitrogen and oxygen atoms in total. The first-order valence-corrected chi connectivity index (χ1v) is 10.6. The van der Waals surface area contributed by atoms with Crippen molar-refractivity contribution >= 4 is 39.7 Å². The van der Waals surface area contributed by atoms with Gasteiger partial charge in [0, 0.05) is 16.3 Å². The number of furan rings is 1. The van der Waals surface area contributed by atoms with Gasteiger partial charge in [0.15, 0.2) is 0 Å². The van der Waals surface area contributed by atoms with Crippen molar-refractivity contribution in [2.24, 2.45) is 5.92 Å². The minimum absolute atomic E-state index is 0.187. The fraction of sp³-hybridized carbons (Fsp3) is 0.417. The van der Waals surface area contributed by atoms with Gasteiger partial charge in [-0.05, 0) is 50.8 Å². The topological polar surface area (TPSA) is 142 Å². The summed E-state index contributed by atoms with van der Waals surface area (Å²) in [7, 11) is 0. The Hall–Kier alpha value is -3.62. The number of aliphatic carboxylic acids is 1. The highest BCUT2D eigenvalue weighted by molar-refractivity contribution is 6.00. The summed E-state index contributed by atoms with van der Waals surface area (Å²) in [5.74, 6) is -2.24. The summed E-state index contributed by atoms with van der Waals surface area (Å²) in [6.45, 7) is 10.2. The SMILES string of the molecule is Cc1oc2c(C)c3oc(=O)c(CC(=O)NCC(=O)N[C@H](C(=O)[O-])C(C)C)c(C)c3cc2c1C. The summed E-state index contributed by atoms with van der Waals surface area (Å²) in [5.41, 5.74) is 2.92. The number of hydrogen-bond acceptors (Lipinski definition) is 7. The lowest BCUT2D eigenvalue weighted by molar-refractivity contribution is -0.309. The Kier molecular flexibility index (Phi) is 6.62. The van der Waals surface area contributed by atoms with Crippen LogP contribution in [0.3, 0.4) is 0 Å². The minimum Gasteiger partial charge on any atom is -0.548 e. The highest BCUT2D eigenvalue weighted by Gasteiger charge is 2.21. The van der Waals surface area contributed by atoms with E-state index < -0.39 is 36.0 Å². The number of carbonyl (C=O) groups excluding carboxylic acids is 3. The fourth-order valence-corrected chi connectivity index (χ4v) is 3.82. The van der Waals surface area contributed by atoms with Crippen molar-refractivity contribution in [1.82, 2.24) is 10.6 Å². The molecule has 0 aliphatic heterocycles. The lowest BCUT2D eigenvalue weighted by Crippen LogP contribution is -2.53. The molecule has 0 aliphatic carbocycles. The number of fused-ring (bicyclic) bond motifs is 2. The molecule has 1 atom stereocenters. The predicted octanol–water partition coefficient (Wildman–Crippen LogP) is 1.32. The molecule has 3 aromatic rings. The Bertz CT molecular complexity index is 1330. The van der Waals surface area contributed by atoms with Crippen molar-refractivity contribution < 1.29 is 28.3 Å². The first-order valence-electron chi connectivity index (χ1n) is 10.6. The van der Waals surface area contributed by atoms with Crippen LogP contribution in [-0.2, 0) is 20.8 Å². The number of aryl methyl sites for hydroxylation is 4. The molecular formula is C24H27N2O7-. The molecule has 0 radical (unpaired) electrons. The number of carboxylic acid groups (broad SMARTS) is 1. The first-order chi connectivity index (χ1) is 15.4. The Balaban J connectivity index is 1.83. The summed E-state index contributed by atoms with van der Waals surface area (Å²) in [5, 5.41) is 17.4. The fourth-order valence-electron chi connectivity index (χ4n) is 3.82. The maximum Gasteiger partial charge on any atom is 0.340 e. The molecular weight excluding hydrogens is 428 g/mol. The summed E-state index contributed by atoms with van der Waals surface area (Å²) < 4.78 is 11.4. The Labute approximate surface area is 190 Å². The van der Waals surface area contributed by atoms with Crippen LogP contribution in [0, 0.1) is 33.6 Å². The molecule has 1 aromatic carbocycles. The second-order valence-electron chi connectivity index (χ2n) is 8.59. The third kappa shape index (κ3) is 4.62. The molecule has 2 amide bonds. The largest absolute Gasteiger partial charge is 0.548 e. The van der Waals surface area contributed by atoms with Crippen molar-refractivity contribution in [1.29, 1.82) is 0 Å². The highest BCUT2D eigenvalue weighted by Crippen LogP contribution is 2.34. The van der Waals surface area contributed by atoms with Crippen molar-refractivity contribution in [2.75, 3.05) is 6.54 Å². The number of amides is 2. The van der Waals surface area contributed by atoms with Gasteiger partial charge < -0.3 is 29.4 Å². The van der Waals surface area contributed by atoms with Crippen LogP contribution in [-0.4, -0.2) is 30.4 Å². The third-order valence-corrected chi connectivity index (χ3v) is 5.96. The lowest BCUT2D eigenvalue weighted by Gasteiger charge is -2.23. The van der Waals surface area contributed by atoms with E-state index in [-0.39, 0.29) is 17.9 Å². The van der Waals surface area contributed by atoms with Gasteiger partial charge in [0.25, 0.3) is 0 Å².